The molecule has 4 nitrogen and oxygen atoms in total. The summed E-state index contributed by atoms with van der Waals surface area (Å²) >= 11 is 0. The van der Waals surface area contributed by atoms with E-state index in [-0.39, 0.29) is 6.04 Å². The number of nitrogens with zero attached hydrogens (tertiary/aromatic N) is 3. The van der Waals surface area contributed by atoms with E-state index < -0.39 is 0 Å². The first-order chi connectivity index (χ1) is 9.83. The van der Waals surface area contributed by atoms with Crippen LogP contribution in [-0.4, -0.2) is 14.6 Å². The molecule has 0 saturated carbocycles. The van der Waals surface area contributed by atoms with Crippen molar-refractivity contribution in [3.63, 3.8) is 0 Å². The summed E-state index contributed by atoms with van der Waals surface area (Å²) in [5.74, 6) is 0.577. The molecule has 0 amide bonds. The fraction of sp³-hybridized carbons (Fsp3) is 0.250. The molecule has 2 heterocycles. The van der Waals surface area contributed by atoms with Gasteiger partial charge in [-0.3, -0.25) is 4.98 Å². The SMILES string of the molecule is NC(CC1Cc2ccccc21)c1cnn2ccncc12. The molecule has 2 atom stereocenters. The minimum atomic E-state index is 0.00931. The molecule has 1 aliphatic rings. The van der Waals surface area contributed by atoms with Gasteiger partial charge in [-0.05, 0) is 29.9 Å². The molecule has 0 spiro atoms. The van der Waals surface area contributed by atoms with E-state index >= 15 is 0 Å². The summed E-state index contributed by atoms with van der Waals surface area (Å²) in [7, 11) is 0. The van der Waals surface area contributed by atoms with Crippen LogP contribution in [0.1, 0.15) is 35.1 Å². The zero-order chi connectivity index (χ0) is 13.5. The van der Waals surface area contributed by atoms with Crippen LogP contribution in [0.5, 0.6) is 0 Å². The normalized spacial score (nSPS) is 18.6. The van der Waals surface area contributed by atoms with Crippen LogP contribution in [0.2, 0.25) is 0 Å². The second-order valence-electron chi connectivity index (χ2n) is 5.45. The van der Waals surface area contributed by atoms with E-state index in [4.69, 9.17) is 5.73 Å². The largest absolute Gasteiger partial charge is 0.324 e. The van der Waals surface area contributed by atoms with Crippen LogP contribution in [0.3, 0.4) is 0 Å². The number of rotatable bonds is 3. The highest BCUT2D eigenvalue weighted by Gasteiger charge is 2.28. The highest BCUT2D eigenvalue weighted by atomic mass is 15.2. The second kappa shape index (κ2) is 4.42. The molecule has 0 radical (unpaired) electrons. The molecule has 0 aliphatic heterocycles. The lowest BCUT2D eigenvalue weighted by Gasteiger charge is -2.31. The predicted molar refractivity (Wildman–Crippen MR) is 77.4 cm³/mol. The van der Waals surface area contributed by atoms with Crippen molar-refractivity contribution >= 4 is 5.52 Å². The molecule has 20 heavy (non-hydrogen) atoms. The van der Waals surface area contributed by atoms with Crippen LogP contribution in [0, 0.1) is 0 Å². The molecule has 3 aromatic rings. The zero-order valence-corrected chi connectivity index (χ0v) is 11.1. The van der Waals surface area contributed by atoms with E-state index in [1.54, 1.807) is 6.20 Å². The quantitative estimate of drug-likeness (QED) is 0.790. The maximum Gasteiger partial charge on any atom is 0.0892 e. The van der Waals surface area contributed by atoms with Gasteiger partial charge in [0, 0.05) is 24.0 Å². The van der Waals surface area contributed by atoms with Gasteiger partial charge in [0.05, 0.1) is 17.9 Å². The van der Waals surface area contributed by atoms with E-state index in [9.17, 15) is 0 Å². The number of hydrogen-bond donors (Lipinski definition) is 1. The molecule has 100 valence electrons. The molecule has 0 fully saturated rings. The molecule has 4 heteroatoms. The number of benzene rings is 1. The molecule has 2 N–H and O–H groups in total. The first-order valence-corrected chi connectivity index (χ1v) is 6.93. The second-order valence-corrected chi connectivity index (χ2v) is 5.45. The topological polar surface area (TPSA) is 56.2 Å². The average Bonchev–Trinajstić information content (AvgIpc) is 2.88. The molecule has 2 unspecified atom stereocenters. The Morgan fingerprint density at radius 3 is 3.10 bits per heavy atom. The Balaban J connectivity index is 1.58. The van der Waals surface area contributed by atoms with Crippen LogP contribution in [0.15, 0.2) is 49.1 Å². The Morgan fingerprint density at radius 1 is 1.30 bits per heavy atom. The summed E-state index contributed by atoms with van der Waals surface area (Å²) in [5, 5.41) is 4.33. The van der Waals surface area contributed by atoms with Gasteiger partial charge in [0.2, 0.25) is 0 Å². The van der Waals surface area contributed by atoms with Gasteiger partial charge in [0.1, 0.15) is 0 Å². The molecule has 2 aromatic heterocycles. The molecule has 1 aromatic carbocycles. The fourth-order valence-electron chi connectivity index (χ4n) is 3.14. The van der Waals surface area contributed by atoms with E-state index in [0.29, 0.717) is 5.92 Å². The number of hydrogen-bond acceptors (Lipinski definition) is 3. The smallest absolute Gasteiger partial charge is 0.0892 e. The molecule has 0 saturated heterocycles. The highest BCUT2D eigenvalue weighted by molar-refractivity contribution is 5.53. The van der Waals surface area contributed by atoms with Gasteiger partial charge in [-0.15, -0.1) is 0 Å². The van der Waals surface area contributed by atoms with Crippen molar-refractivity contribution in [1.82, 2.24) is 14.6 Å². The van der Waals surface area contributed by atoms with Crippen molar-refractivity contribution in [1.29, 1.82) is 0 Å². The summed E-state index contributed by atoms with van der Waals surface area (Å²) in [6.07, 6.45) is 9.39. The van der Waals surface area contributed by atoms with Gasteiger partial charge in [-0.1, -0.05) is 24.3 Å². The van der Waals surface area contributed by atoms with E-state index in [0.717, 1.165) is 23.9 Å². The van der Waals surface area contributed by atoms with Crippen molar-refractivity contribution < 1.29 is 0 Å². The van der Waals surface area contributed by atoms with Crippen molar-refractivity contribution in [3.05, 3.63) is 65.7 Å². The lowest BCUT2D eigenvalue weighted by Crippen LogP contribution is -2.22. The number of aromatic nitrogens is 3. The van der Waals surface area contributed by atoms with Gasteiger partial charge in [-0.2, -0.15) is 5.10 Å². The monoisotopic (exact) mass is 264 g/mol. The minimum Gasteiger partial charge on any atom is -0.324 e. The predicted octanol–water partition coefficient (Wildman–Crippen LogP) is 2.46. The lowest BCUT2D eigenvalue weighted by molar-refractivity contribution is 0.500. The summed E-state index contributed by atoms with van der Waals surface area (Å²) in [6.45, 7) is 0. The van der Waals surface area contributed by atoms with Gasteiger partial charge >= 0.3 is 0 Å². The standard InChI is InChI=1S/C16H16N4/c17-15(8-12-7-11-3-1-2-4-13(11)12)14-9-19-20-6-5-18-10-16(14)20/h1-6,9-10,12,15H,7-8,17H2. The third-order valence-corrected chi connectivity index (χ3v) is 4.25. The summed E-state index contributed by atoms with van der Waals surface area (Å²) in [6, 6.07) is 8.64. The molecule has 0 bridgehead atoms. The Labute approximate surface area is 117 Å². The summed E-state index contributed by atoms with van der Waals surface area (Å²) < 4.78 is 1.83. The van der Waals surface area contributed by atoms with Gasteiger partial charge in [-0.25, -0.2) is 4.52 Å². The Bertz CT molecular complexity index is 762. The fourth-order valence-corrected chi connectivity index (χ4v) is 3.14. The number of nitrogens with two attached hydrogens (primary N) is 1. The molecular formula is C16H16N4. The third kappa shape index (κ3) is 1.72. The highest BCUT2D eigenvalue weighted by Crippen LogP contribution is 2.40. The Kier molecular flexibility index (Phi) is 2.57. The average molecular weight is 264 g/mol. The van der Waals surface area contributed by atoms with Gasteiger partial charge in [0.25, 0.3) is 0 Å². The lowest BCUT2D eigenvalue weighted by atomic mass is 9.74. The van der Waals surface area contributed by atoms with Gasteiger partial charge < -0.3 is 5.73 Å². The maximum atomic E-state index is 6.39. The van der Waals surface area contributed by atoms with Crippen molar-refractivity contribution in [2.45, 2.75) is 24.8 Å². The van der Waals surface area contributed by atoms with Crippen LogP contribution < -0.4 is 5.73 Å². The summed E-state index contributed by atoms with van der Waals surface area (Å²) in [4.78, 5) is 4.16. The molecule has 1 aliphatic carbocycles. The first kappa shape index (κ1) is 11.6. The van der Waals surface area contributed by atoms with E-state index in [2.05, 4.69) is 34.3 Å². The zero-order valence-electron chi connectivity index (χ0n) is 11.1. The van der Waals surface area contributed by atoms with Crippen LogP contribution in [0.25, 0.3) is 5.52 Å². The Hall–Kier alpha value is -2.20. The summed E-state index contributed by atoms with van der Waals surface area (Å²) in [5.41, 5.74) is 11.4. The first-order valence-electron chi connectivity index (χ1n) is 6.93. The van der Waals surface area contributed by atoms with Crippen molar-refractivity contribution in [2.75, 3.05) is 0 Å². The van der Waals surface area contributed by atoms with Crippen LogP contribution in [-0.2, 0) is 6.42 Å². The number of fused-ring (bicyclic) bond motifs is 2. The minimum absolute atomic E-state index is 0.00931. The van der Waals surface area contributed by atoms with Crippen molar-refractivity contribution in [3.8, 4) is 0 Å². The van der Waals surface area contributed by atoms with E-state index in [1.165, 1.54) is 11.1 Å². The van der Waals surface area contributed by atoms with Crippen molar-refractivity contribution in [2.24, 2.45) is 5.73 Å². The third-order valence-electron chi connectivity index (χ3n) is 4.25. The maximum absolute atomic E-state index is 6.39. The molecular weight excluding hydrogens is 248 g/mol. The van der Waals surface area contributed by atoms with E-state index in [1.807, 2.05) is 23.1 Å². The molecule has 4 rings (SSSR count). The van der Waals surface area contributed by atoms with Crippen LogP contribution in [0.4, 0.5) is 0 Å². The van der Waals surface area contributed by atoms with Crippen LogP contribution >= 0.6 is 0 Å². The Morgan fingerprint density at radius 2 is 2.20 bits per heavy atom. The van der Waals surface area contributed by atoms with Gasteiger partial charge in [0.15, 0.2) is 0 Å².